The molecule has 0 bridgehead atoms. The van der Waals surface area contributed by atoms with E-state index in [4.69, 9.17) is 10.8 Å². The van der Waals surface area contributed by atoms with Gasteiger partial charge in [0.15, 0.2) is 0 Å². The van der Waals surface area contributed by atoms with Gasteiger partial charge in [0.25, 0.3) is 0 Å². The highest BCUT2D eigenvalue weighted by Gasteiger charge is 2.30. The number of aromatic amines is 1. The molecule has 4 unspecified atom stereocenters. The van der Waals surface area contributed by atoms with Gasteiger partial charge in [0.1, 0.15) is 18.1 Å². The van der Waals surface area contributed by atoms with Gasteiger partial charge in [0.05, 0.1) is 12.6 Å². The van der Waals surface area contributed by atoms with Gasteiger partial charge in [-0.05, 0) is 30.0 Å². The van der Waals surface area contributed by atoms with Crippen molar-refractivity contribution >= 4 is 40.6 Å². The predicted octanol–water partition coefficient (Wildman–Crippen LogP) is -0.323. The first-order valence-electron chi connectivity index (χ1n) is 12.9. The molecule has 0 radical (unpaired) electrons. The Morgan fingerprint density at radius 3 is 2.05 bits per heavy atom. The summed E-state index contributed by atoms with van der Waals surface area (Å²) in [6, 6.07) is 10.7. The maximum atomic E-state index is 13.0. The van der Waals surface area contributed by atoms with E-state index in [2.05, 4.69) is 20.9 Å². The molecule has 9 N–H and O–H groups in total. The van der Waals surface area contributed by atoms with E-state index in [1.807, 2.05) is 12.1 Å². The Hall–Kier alpha value is -4.75. The van der Waals surface area contributed by atoms with Crippen molar-refractivity contribution in [3.63, 3.8) is 0 Å². The fourth-order valence-corrected chi connectivity index (χ4v) is 4.24. The van der Waals surface area contributed by atoms with Crippen LogP contribution in [0, 0.1) is 0 Å². The van der Waals surface area contributed by atoms with Gasteiger partial charge in [0, 0.05) is 29.9 Å². The third-order valence-corrected chi connectivity index (χ3v) is 6.44. The van der Waals surface area contributed by atoms with E-state index >= 15 is 0 Å². The molecule has 1 heterocycles. The Kier molecular flexibility index (Phi) is 11.0. The average Bonchev–Trinajstić information content (AvgIpc) is 3.36. The molecular formula is C28H33N5O8. The van der Waals surface area contributed by atoms with Crippen LogP contribution < -0.4 is 21.7 Å². The number of aromatic nitrogens is 1. The number of fused-ring (bicyclic) bond motifs is 1. The molecule has 4 atom stereocenters. The van der Waals surface area contributed by atoms with E-state index in [0.717, 1.165) is 16.5 Å². The van der Waals surface area contributed by atoms with Gasteiger partial charge in [-0.1, -0.05) is 48.5 Å². The molecule has 0 spiro atoms. The molecule has 0 aliphatic rings. The smallest absolute Gasteiger partial charge is 0.326 e. The van der Waals surface area contributed by atoms with E-state index in [0.29, 0.717) is 5.56 Å². The normalized spacial score (nSPS) is 13.9. The van der Waals surface area contributed by atoms with Crippen molar-refractivity contribution in [3.05, 3.63) is 71.9 Å². The summed E-state index contributed by atoms with van der Waals surface area (Å²) in [6.07, 6.45) is 0.926. The molecule has 0 saturated heterocycles. The van der Waals surface area contributed by atoms with E-state index in [1.54, 1.807) is 48.7 Å². The number of aliphatic hydroxyl groups is 1. The van der Waals surface area contributed by atoms with Gasteiger partial charge >= 0.3 is 11.9 Å². The molecule has 0 aliphatic carbocycles. The van der Waals surface area contributed by atoms with Crippen molar-refractivity contribution < 1.29 is 39.3 Å². The lowest BCUT2D eigenvalue weighted by molar-refractivity contribution is -0.142. The molecule has 3 aromatic rings. The van der Waals surface area contributed by atoms with Crippen LogP contribution in [0.25, 0.3) is 10.9 Å². The molecule has 41 heavy (non-hydrogen) atoms. The van der Waals surface area contributed by atoms with Crippen molar-refractivity contribution in [3.8, 4) is 0 Å². The van der Waals surface area contributed by atoms with Crippen molar-refractivity contribution in [1.29, 1.82) is 0 Å². The van der Waals surface area contributed by atoms with Crippen LogP contribution in [0.1, 0.15) is 24.0 Å². The number of hydrogen-bond donors (Lipinski definition) is 8. The highest BCUT2D eigenvalue weighted by Crippen LogP contribution is 2.19. The molecule has 218 valence electrons. The van der Waals surface area contributed by atoms with Crippen LogP contribution in [0.5, 0.6) is 0 Å². The van der Waals surface area contributed by atoms with Crippen LogP contribution in [0.2, 0.25) is 0 Å². The fraction of sp³-hybridized carbons (Fsp3) is 0.321. The van der Waals surface area contributed by atoms with E-state index in [-0.39, 0.29) is 19.3 Å². The number of amides is 3. The molecule has 1 aromatic heterocycles. The quantitative estimate of drug-likeness (QED) is 0.120. The Balaban J connectivity index is 1.66. The fourth-order valence-electron chi connectivity index (χ4n) is 4.24. The summed E-state index contributed by atoms with van der Waals surface area (Å²) in [5.41, 5.74) is 8.19. The SMILES string of the molecule is NC(Cc1ccccc1)C(=O)NC(CCC(=O)O)C(=O)NC(CO)C(=O)NC(Cc1c[nH]c2ccccc12)C(=O)O. The van der Waals surface area contributed by atoms with Crippen LogP contribution in [0.3, 0.4) is 0 Å². The molecule has 3 rings (SSSR count). The van der Waals surface area contributed by atoms with Gasteiger partial charge in [-0.25, -0.2) is 4.79 Å². The van der Waals surface area contributed by atoms with Crippen LogP contribution in [-0.2, 0) is 36.8 Å². The molecule has 13 nitrogen and oxygen atoms in total. The highest BCUT2D eigenvalue weighted by molar-refractivity contribution is 5.94. The zero-order chi connectivity index (χ0) is 29.9. The number of carbonyl (C=O) groups excluding carboxylic acids is 3. The number of carboxylic acids is 2. The zero-order valence-corrected chi connectivity index (χ0v) is 22.1. The minimum atomic E-state index is -1.57. The minimum absolute atomic E-state index is 0.0756. The Bertz CT molecular complexity index is 1380. The molecule has 0 saturated carbocycles. The van der Waals surface area contributed by atoms with E-state index in [9.17, 15) is 34.2 Å². The second-order valence-corrected chi connectivity index (χ2v) is 9.50. The maximum absolute atomic E-state index is 13.0. The maximum Gasteiger partial charge on any atom is 0.326 e. The van der Waals surface area contributed by atoms with Crippen molar-refractivity contribution in [1.82, 2.24) is 20.9 Å². The minimum Gasteiger partial charge on any atom is -0.481 e. The third-order valence-electron chi connectivity index (χ3n) is 6.44. The summed E-state index contributed by atoms with van der Waals surface area (Å²) in [6.45, 7) is -0.885. The van der Waals surface area contributed by atoms with Crippen molar-refractivity contribution in [2.75, 3.05) is 6.61 Å². The zero-order valence-electron chi connectivity index (χ0n) is 22.1. The molecule has 0 fully saturated rings. The van der Waals surface area contributed by atoms with Crippen LogP contribution in [0.15, 0.2) is 60.8 Å². The summed E-state index contributed by atoms with van der Waals surface area (Å²) in [5.74, 6) is -5.18. The second kappa shape index (κ2) is 14.6. The lowest BCUT2D eigenvalue weighted by Crippen LogP contribution is -2.58. The largest absolute Gasteiger partial charge is 0.481 e. The second-order valence-electron chi connectivity index (χ2n) is 9.50. The Morgan fingerprint density at radius 1 is 0.780 bits per heavy atom. The Labute approximate surface area is 235 Å². The molecule has 3 amide bonds. The monoisotopic (exact) mass is 567 g/mol. The predicted molar refractivity (Wildman–Crippen MR) is 148 cm³/mol. The lowest BCUT2D eigenvalue weighted by Gasteiger charge is -2.24. The number of nitrogens with one attached hydrogen (secondary N) is 4. The van der Waals surface area contributed by atoms with E-state index in [1.165, 1.54) is 0 Å². The molecule has 0 aliphatic heterocycles. The number of rotatable bonds is 15. The van der Waals surface area contributed by atoms with Gasteiger partial charge in [-0.15, -0.1) is 0 Å². The number of para-hydroxylation sites is 1. The number of benzene rings is 2. The lowest BCUT2D eigenvalue weighted by atomic mass is 10.0. The Morgan fingerprint density at radius 2 is 1.39 bits per heavy atom. The first-order valence-corrected chi connectivity index (χ1v) is 12.9. The summed E-state index contributed by atoms with van der Waals surface area (Å²) in [4.78, 5) is 64.7. The highest BCUT2D eigenvalue weighted by atomic mass is 16.4. The third kappa shape index (κ3) is 8.88. The van der Waals surface area contributed by atoms with Gasteiger partial charge in [-0.3, -0.25) is 19.2 Å². The van der Waals surface area contributed by atoms with Gasteiger partial charge in [0.2, 0.25) is 17.7 Å². The number of carboxylic acid groups (broad SMARTS) is 2. The molecule has 13 heteroatoms. The first kappa shape index (κ1) is 30.8. The van der Waals surface area contributed by atoms with Crippen molar-refractivity contribution in [2.24, 2.45) is 5.73 Å². The van der Waals surface area contributed by atoms with Crippen LogP contribution in [0.4, 0.5) is 0 Å². The first-order chi connectivity index (χ1) is 19.6. The average molecular weight is 568 g/mol. The van der Waals surface area contributed by atoms with Crippen molar-refractivity contribution in [2.45, 2.75) is 49.9 Å². The number of hydrogen-bond acceptors (Lipinski definition) is 7. The number of carbonyl (C=O) groups is 5. The molecular weight excluding hydrogens is 534 g/mol. The van der Waals surface area contributed by atoms with Gasteiger partial charge in [-0.2, -0.15) is 0 Å². The standard InChI is InChI=1S/C28H33N5O8/c29-19(12-16-6-2-1-3-7-16)25(37)31-21(10-11-24(35)36)26(38)33-23(15-34)27(39)32-22(28(40)41)13-17-14-30-20-9-5-4-8-18(17)20/h1-9,14,19,21-23,30,34H,10-13,15,29H2,(H,31,37)(H,32,39)(H,33,38)(H,35,36)(H,40,41). The molecule has 2 aromatic carbocycles. The summed E-state index contributed by atoms with van der Waals surface area (Å²) < 4.78 is 0. The topological polar surface area (TPSA) is 224 Å². The summed E-state index contributed by atoms with van der Waals surface area (Å²) >= 11 is 0. The van der Waals surface area contributed by atoms with E-state index < -0.39 is 66.9 Å². The number of nitrogens with two attached hydrogens (primary N) is 1. The number of H-pyrrole nitrogens is 1. The number of aliphatic hydroxyl groups excluding tert-OH is 1. The number of aliphatic carboxylic acids is 2. The van der Waals surface area contributed by atoms with Crippen LogP contribution >= 0.6 is 0 Å². The van der Waals surface area contributed by atoms with Crippen LogP contribution in [-0.4, -0.2) is 80.7 Å². The van der Waals surface area contributed by atoms with Gasteiger partial charge < -0.3 is 42.0 Å². The summed E-state index contributed by atoms with van der Waals surface area (Å²) in [5, 5.41) is 36.4. The summed E-state index contributed by atoms with van der Waals surface area (Å²) in [7, 11) is 0.